The van der Waals surface area contributed by atoms with Gasteiger partial charge in [-0.25, -0.2) is 19.0 Å². The van der Waals surface area contributed by atoms with Gasteiger partial charge in [0.2, 0.25) is 5.65 Å². The van der Waals surface area contributed by atoms with Crippen molar-refractivity contribution in [2.24, 2.45) is 0 Å². The lowest BCUT2D eigenvalue weighted by molar-refractivity contribution is 0.429. The Morgan fingerprint density at radius 2 is 2.13 bits per heavy atom. The van der Waals surface area contributed by atoms with Crippen LogP contribution in [0.15, 0.2) is 47.7 Å². The molecule has 4 aromatic rings. The number of imidazole rings is 1. The van der Waals surface area contributed by atoms with Gasteiger partial charge in [0.1, 0.15) is 10.9 Å². The highest BCUT2D eigenvalue weighted by atomic mass is 79.9. The molecule has 0 aliphatic rings. The van der Waals surface area contributed by atoms with Crippen molar-refractivity contribution in [2.75, 3.05) is 0 Å². The second kappa shape index (κ2) is 5.39. The van der Waals surface area contributed by atoms with E-state index in [0.29, 0.717) is 11.3 Å². The average Bonchev–Trinajstić information content (AvgIpc) is 3.20. The van der Waals surface area contributed by atoms with Crippen LogP contribution in [0.25, 0.3) is 11.3 Å². The van der Waals surface area contributed by atoms with Crippen LogP contribution in [-0.4, -0.2) is 34.6 Å². The third-order valence-electron chi connectivity index (χ3n) is 3.09. The fourth-order valence-electron chi connectivity index (χ4n) is 2.04. The van der Waals surface area contributed by atoms with Crippen molar-refractivity contribution in [3.05, 3.63) is 53.5 Å². The summed E-state index contributed by atoms with van der Waals surface area (Å²) < 4.78 is 23.6. The van der Waals surface area contributed by atoms with Gasteiger partial charge in [-0.1, -0.05) is 0 Å². The van der Waals surface area contributed by atoms with Gasteiger partial charge in [0, 0.05) is 18.5 Å². The van der Waals surface area contributed by atoms with E-state index in [0.717, 1.165) is 4.60 Å². The molecule has 0 saturated carbocycles. The molecule has 4 rings (SSSR count). The van der Waals surface area contributed by atoms with Crippen LogP contribution < -0.4 is 4.74 Å². The number of nitrogens with zero attached hydrogens (tertiary/aromatic N) is 7. The molecular formula is C13H7BrFN7O. The molecule has 23 heavy (non-hydrogen) atoms. The molecule has 3 heterocycles. The molecule has 0 spiro atoms. The molecule has 0 fully saturated rings. The summed E-state index contributed by atoms with van der Waals surface area (Å²) >= 11 is 3.35. The fraction of sp³-hybridized carbons (Fsp3) is 0. The lowest BCUT2D eigenvalue weighted by Crippen LogP contribution is -1.99. The Balaban J connectivity index is 1.71. The van der Waals surface area contributed by atoms with Crippen molar-refractivity contribution in [3.63, 3.8) is 0 Å². The number of fused-ring (bicyclic) bond motifs is 1. The van der Waals surface area contributed by atoms with Gasteiger partial charge >= 0.3 is 0 Å². The predicted octanol–water partition coefficient (Wildman–Crippen LogP) is 2.40. The van der Waals surface area contributed by atoms with Crippen molar-refractivity contribution < 1.29 is 9.13 Å². The van der Waals surface area contributed by atoms with Crippen molar-refractivity contribution >= 4 is 21.6 Å². The maximum absolute atomic E-state index is 14.3. The molecule has 0 unspecified atom stereocenters. The topological polar surface area (TPSA) is 83.0 Å². The Labute approximate surface area is 136 Å². The van der Waals surface area contributed by atoms with E-state index < -0.39 is 5.82 Å². The van der Waals surface area contributed by atoms with E-state index in [-0.39, 0.29) is 11.6 Å². The zero-order valence-corrected chi connectivity index (χ0v) is 12.9. The number of hydrogen-bond donors (Lipinski definition) is 0. The Bertz CT molecular complexity index is 985. The van der Waals surface area contributed by atoms with Crippen molar-refractivity contribution in [3.8, 4) is 17.3 Å². The highest BCUT2D eigenvalue weighted by Gasteiger charge is 2.13. The summed E-state index contributed by atoms with van der Waals surface area (Å²) in [5, 5.41) is 10.7. The quantitative estimate of drug-likeness (QED) is 0.546. The minimum Gasteiger partial charge on any atom is -0.433 e. The van der Waals surface area contributed by atoms with Crippen LogP contribution in [-0.2, 0) is 0 Å². The van der Waals surface area contributed by atoms with E-state index in [1.54, 1.807) is 29.1 Å². The molecule has 0 aliphatic heterocycles. The molecule has 0 saturated heterocycles. The van der Waals surface area contributed by atoms with Gasteiger partial charge < -0.3 is 4.74 Å². The fourth-order valence-corrected chi connectivity index (χ4v) is 2.42. The number of tetrazole rings is 1. The summed E-state index contributed by atoms with van der Waals surface area (Å²) in [5.74, 6) is -0.332. The second-order valence-electron chi connectivity index (χ2n) is 4.48. The van der Waals surface area contributed by atoms with Crippen LogP contribution in [0.5, 0.6) is 11.6 Å². The number of benzene rings is 1. The zero-order valence-electron chi connectivity index (χ0n) is 11.3. The first-order valence-electron chi connectivity index (χ1n) is 6.41. The normalized spacial score (nSPS) is 11.0. The van der Waals surface area contributed by atoms with E-state index in [2.05, 4.69) is 41.4 Å². The SMILES string of the molecule is Fc1cc(-n2cnnn2)ccc1Oc1nccn2c(Br)cnc12. The van der Waals surface area contributed by atoms with Gasteiger partial charge in [0.15, 0.2) is 11.6 Å². The molecule has 3 aromatic heterocycles. The van der Waals surface area contributed by atoms with E-state index in [9.17, 15) is 4.39 Å². The molecule has 10 heteroatoms. The molecule has 1 aromatic carbocycles. The standard InChI is InChI=1S/C13H7BrFN7O/c14-11-6-17-12-13(16-3-4-21(11)12)23-10-2-1-8(5-9(10)15)22-7-18-19-20-22/h1-7H. The third kappa shape index (κ3) is 2.42. The molecule has 0 bridgehead atoms. The first-order valence-corrected chi connectivity index (χ1v) is 7.20. The first kappa shape index (κ1) is 13.8. The molecule has 0 amide bonds. The second-order valence-corrected chi connectivity index (χ2v) is 5.29. The Morgan fingerprint density at radius 1 is 1.22 bits per heavy atom. The summed E-state index contributed by atoms with van der Waals surface area (Å²) in [7, 11) is 0. The van der Waals surface area contributed by atoms with Gasteiger partial charge in [-0.2, -0.15) is 0 Å². The highest BCUT2D eigenvalue weighted by Crippen LogP contribution is 2.28. The summed E-state index contributed by atoms with van der Waals surface area (Å²) in [6.07, 6.45) is 6.25. The number of rotatable bonds is 3. The third-order valence-corrected chi connectivity index (χ3v) is 3.67. The number of ether oxygens (including phenoxy) is 1. The highest BCUT2D eigenvalue weighted by molar-refractivity contribution is 9.10. The summed E-state index contributed by atoms with van der Waals surface area (Å²) in [6.45, 7) is 0. The molecule has 8 nitrogen and oxygen atoms in total. The molecular weight excluding hydrogens is 369 g/mol. The van der Waals surface area contributed by atoms with E-state index in [1.807, 2.05) is 0 Å². The van der Waals surface area contributed by atoms with Crippen LogP contribution >= 0.6 is 15.9 Å². The van der Waals surface area contributed by atoms with Crippen molar-refractivity contribution in [1.82, 2.24) is 34.6 Å². The minimum atomic E-state index is -0.563. The van der Waals surface area contributed by atoms with Gasteiger partial charge in [0.05, 0.1) is 11.9 Å². The monoisotopic (exact) mass is 375 g/mol. The Morgan fingerprint density at radius 3 is 2.91 bits per heavy atom. The number of halogens is 2. The van der Waals surface area contributed by atoms with E-state index in [4.69, 9.17) is 4.74 Å². The van der Waals surface area contributed by atoms with Gasteiger partial charge in [-0.05, 0) is 38.5 Å². The molecule has 0 atom stereocenters. The van der Waals surface area contributed by atoms with Crippen LogP contribution in [0.3, 0.4) is 0 Å². The number of aromatic nitrogens is 7. The lowest BCUT2D eigenvalue weighted by Gasteiger charge is -2.08. The smallest absolute Gasteiger partial charge is 0.263 e. The lowest BCUT2D eigenvalue weighted by atomic mass is 10.3. The zero-order chi connectivity index (χ0) is 15.8. The Hall–Kier alpha value is -2.88. The van der Waals surface area contributed by atoms with Gasteiger partial charge in [-0.3, -0.25) is 4.40 Å². The largest absolute Gasteiger partial charge is 0.433 e. The molecule has 114 valence electrons. The Kier molecular flexibility index (Phi) is 3.23. The van der Waals surface area contributed by atoms with Crippen LogP contribution in [0.4, 0.5) is 4.39 Å². The summed E-state index contributed by atoms with van der Waals surface area (Å²) in [4.78, 5) is 8.28. The van der Waals surface area contributed by atoms with Crippen LogP contribution in [0.2, 0.25) is 0 Å². The van der Waals surface area contributed by atoms with Crippen molar-refractivity contribution in [2.45, 2.75) is 0 Å². The summed E-state index contributed by atoms with van der Waals surface area (Å²) in [5.41, 5.74) is 0.956. The molecule has 0 aliphatic carbocycles. The van der Waals surface area contributed by atoms with E-state index >= 15 is 0 Å². The molecule has 0 N–H and O–H groups in total. The molecule has 0 radical (unpaired) electrons. The first-order chi connectivity index (χ1) is 11.2. The minimum absolute atomic E-state index is 0.0292. The average molecular weight is 376 g/mol. The predicted molar refractivity (Wildman–Crippen MR) is 79.9 cm³/mol. The maximum atomic E-state index is 14.3. The van der Waals surface area contributed by atoms with Gasteiger partial charge in [0.25, 0.3) is 5.88 Å². The van der Waals surface area contributed by atoms with Crippen molar-refractivity contribution in [1.29, 1.82) is 0 Å². The van der Waals surface area contributed by atoms with Crippen LogP contribution in [0, 0.1) is 5.82 Å². The van der Waals surface area contributed by atoms with Crippen LogP contribution in [0.1, 0.15) is 0 Å². The summed E-state index contributed by atoms with van der Waals surface area (Å²) in [6, 6.07) is 4.39. The van der Waals surface area contributed by atoms with Gasteiger partial charge in [-0.15, -0.1) is 5.10 Å². The number of hydrogen-bond acceptors (Lipinski definition) is 6. The maximum Gasteiger partial charge on any atom is 0.263 e. The van der Waals surface area contributed by atoms with E-state index in [1.165, 1.54) is 23.1 Å².